The largest absolute Gasteiger partial charge is 0.273 e. The lowest BCUT2D eigenvalue weighted by Crippen LogP contribution is -2.37. The number of hydroxylamine groups is 1. The van der Waals surface area contributed by atoms with Gasteiger partial charge in [-0.3, -0.25) is 14.4 Å². The number of imide groups is 1. The molecule has 3 heterocycles. The third-order valence-corrected chi connectivity index (χ3v) is 6.74. The minimum Gasteiger partial charge on any atom is -0.273 e. The van der Waals surface area contributed by atoms with Gasteiger partial charge in [-0.25, -0.2) is 14.9 Å². The van der Waals surface area contributed by atoms with Gasteiger partial charge in [-0.15, -0.1) is 0 Å². The minimum absolute atomic E-state index is 0.280. The van der Waals surface area contributed by atoms with E-state index in [0.717, 1.165) is 22.2 Å². The van der Waals surface area contributed by atoms with Crippen LogP contribution in [0.2, 0.25) is 5.15 Å². The molecule has 0 saturated carbocycles. The standard InChI is InChI=1S/C27H20ClN3O3/c1-16-11-13-18(14-12-16)30-26(32)22-23(20-15-17-7-5-6-10-21(17)29-25(20)28)31(34-24(22)27(30)33)19-8-3-2-4-9-19/h2-15,22-24H,1H3/t22-,23-,24-/m1/s1. The zero-order chi connectivity index (χ0) is 23.4. The highest BCUT2D eigenvalue weighted by Gasteiger charge is 2.60. The Morgan fingerprint density at radius 3 is 2.32 bits per heavy atom. The Morgan fingerprint density at radius 2 is 1.56 bits per heavy atom. The van der Waals surface area contributed by atoms with Crippen LogP contribution in [0.15, 0.2) is 84.9 Å². The summed E-state index contributed by atoms with van der Waals surface area (Å²) in [6.07, 6.45) is -0.957. The van der Waals surface area contributed by atoms with E-state index in [-0.39, 0.29) is 17.0 Å². The molecule has 0 bridgehead atoms. The van der Waals surface area contributed by atoms with Crippen LogP contribution in [0.25, 0.3) is 10.9 Å². The molecule has 2 aliphatic rings. The predicted octanol–water partition coefficient (Wildman–Crippen LogP) is 5.25. The van der Waals surface area contributed by atoms with Gasteiger partial charge in [0.25, 0.3) is 5.91 Å². The molecule has 2 fully saturated rings. The van der Waals surface area contributed by atoms with Gasteiger partial charge in [-0.2, -0.15) is 0 Å². The fourth-order valence-corrected chi connectivity index (χ4v) is 5.05. The van der Waals surface area contributed by atoms with E-state index < -0.39 is 18.1 Å². The molecular weight excluding hydrogens is 450 g/mol. The summed E-state index contributed by atoms with van der Waals surface area (Å²) in [5.41, 5.74) is 3.71. The van der Waals surface area contributed by atoms with Gasteiger partial charge in [0, 0.05) is 10.9 Å². The molecule has 0 spiro atoms. The maximum Gasteiger partial charge on any atom is 0.266 e. The molecule has 0 N–H and O–H groups in total. The first-order valence-electron chi connectivity index (χ1n) is 11.0. The van der Waals surface area contributed by atoms with Gasteiger partial charge in [0.15, 0.2) is 6.10 Å². The van der Waals surface area contributed by atoms with Gasteiger partial charge in [0.1, 0.15) is 11.1 Å². The van der Waals surface area contributed by atoms with Crippen molar-refractivity contribution >= 4 is 45.7 Å². The second-order valence-corrected chi connectivity index (χ2v) is 8.92. The third kappa shape index (κ3) is 3.18. The Balaban J connectivity index is 1.49. The summed E-state index contributed by atoms with van der Waals surface area (Å²) in [6, 6.07) is 25.7. The van der Waals surface area contributed by atoms with Gasteiger partial charge in [0.2, 0.25) is 5.91 Å². The summed E-state index contributed by atoms with van der Waals surface area (Å²) in [7, 11) is 0. The summed E-state index contributed by atoms with van der Waals surface area (Å²) < 4.78 is 0. The molecule has 6 nitrogen and oxygen atoms in total. The van der Waals surface area contributed by atoms with E-state index in [2.05, 4.69) is 4.98 Å². The van der Waals surface area contributed by atoms with Crippen molar-refractivity contribution in [3.8, 4) is 0 Å². The molecule has 7 heteroatoms. The Kier molecular flexibility index (Phi) is 4.86. The number of fused-ring (bicyclic) bond motifs is 2. The van der Waals surface area contributed by atoms with Gasteiger partial charge in [-0.05, 0) is 43.3 Å². The second kappa shape index (κ2) is 7.94. The van der Waals surface area contributed by atoms with Crippen molar-refractivity contribution in [1.29, 1.82) is 0 Å². The topological polar surface area (TPSA) is 62.7 Å². The molecule has 3 atom stereocenters. The molecule has 0 unspecified atom stereocenters. The number of pyridine rings is 1. The molecule has 2 saturated heterocycles. The monoisotopic (exact) mass is 469 g/mol. The molecule has 2 amide bonds. The van der Waals surface area contributed by atoms with Crippen LogP contribution in [0, 0.1) is 12.8 Å². The smallest absolute Gasteiger partial charge is 0.266 e. The maximum absolute atomic E-state index is 13.8. The molecule has 6 rings (SSSR count). The number of carbonyl (C=O) groups excluding carboxylic acids is 2. The zero-order valence-corrected chi connectivity index (χ0v) is 19.0. The van der Waals surface area contributed by atoms with Gasteiger partial charge in [-0.1, -0.05) is 65.7 Å². The van der Waals surface area contributed by atoms with Crippen LogP contribution in [0.4, 0.5) is 11.4 Å². The Labute approximate surface area is 201 Å². The summed E-state index contributed by atoms with van der Waals surface area (Å²) >= 11 is 6.68. The number of amides is 2. The van der Waals surface area contributed by atoms with E-state index in [9.17, 15) is 9.59 Å². The number of aromatic nitrogens is 1. The predicted molar refractivity (Wildman–Crippen MR) is 130 cm³/mol. The van der Waals surface area contributed by atoms with Gasteiger partial charge in [0.05, 0.1) is 22.9 Å². The molecular formula is C27H20ClN3O3. The van der Waals surface area contributed by atoms with Crippen LogP contribution < -0.4 is 9.96 Å². The van der Waals surface area contributed by atoms with Crippen LogP contribution in [-0.2, 0) is 14.4 Å². The molecule has 168 valence electrons. The fraction of sp³-hybridized carbons (Fsp3) is 0.148. The summed E-state index contributed by atoms with van der Waals surface area (Å²) in [6.45, 7) is 1.96. The van der Waals surface area contributed by atoms with Crippen molar-refractivity contribution in [3.05, 3.63) is 101 Å². The number of anilines is 2. The lowest BCUT2D eigenvalue weighted by Gasteiger charge is -2.29. The molecule has 34 heavy (non-hydrogen) atoms. The van der Waals surface area contributed by atoms with Crippen LogP contribution in [-0.4, -0.2) is 22.9 Å². The second-order valence-electron chi connectivity index (χ2n) is 8.57. The first kappa shape index (κ1) is 20.8. The van der Waals surface area contributed by atoms with Crippen molar-refractivity contribution in [1.82, 2.24) is 4.98 Å². The number of aryl methyl sites for hydroxylation is 1. The van der Waals surface area contributed by atoms with Crippen LogP contribution in [0.1, 0.15) is 17.2 Å². The Hall–Kier alpha value is -3.74. The lowest BCUT2D eigenvalue weighted by atomic mass is 9.90. The van der Waals surface area contributed by atoms with Crippen molar-refractivity contribution in [3.63, 3.8) is 0 Å². The number of para-hydroxylation sites is 2. The molecule has 0 radical (unpaired) electrons. The number of hydrogen-bond acceptors (Lipinski definition) is 5. The highest BCUT2D eigenvalue weighted by Crippen LogP contribution is 2.49. The molecule has 4 aromatic rings. The number of rotatable bonds is 3. The number of nitrogens with zero attached hydrogens (tertiary/aromatic N) is 3. The first-order chi connectivity index (χ1) is 16.5. The first-order valence-corrected chi connectivity index (χ1v) is 11.4. The molecule has 0 aliphatic carbocycles. The third-order valence-electron chi connectivity index (χ3n) is 6.44. The van der Waals surface area contributed by atoms with Crippen LogP contribution in [0.5, 0.6) is 0 Å². The van der Waals surface area contributed by atoms with E-state index in [1.54, 1.807) is 17.2 Å². The van der Waals surface area contributed by atoms with Crippen molar-refractivity contribution in [2.75, 3.05) is 9.96 Å². The number of carbonyl (C=O) groups is 2. The number of halogens is 1. The van der Waals surface area contributed by atoms with E-state index in [1.165, 1.54) is 4.90 Å². The molecule has 3 aromatic carbocycles. The SMILES string of the molecule is Cc1ccc(N2C(=O)[C@@H]3[C@@H](c4cc5ccccc5nc4Cl)N(c4ccccc4)O[C@H]3C2=O)cc1. The lowest BCUT2D eigenvalue weighted by molar-refractivity contribution is -0.126. The normalized spacial score (nSPS) is 22.0. The summed E-state index contributed by atoms with van der Waals surface area (Å²) in [5, 5.41) is 2.81. The van der Waals surface area contributed by atoms with E-state index in [4.69, 9.17) is 16.4 Å². The van der Waals surface area contributed by atoms with Crippen molar-refractivity contribution in [2.24, 2.45) is 5.92 Å². The molecule has 2 aliphatic heterocycles. The Morgan fingerprint density at radius 1 is 0.853 bits per heavy atom. The maximum atomic E-state index is 13.8. The van der Waals surface area contributed by atoms with E-state index in [1.807, 2.05) is 79.7 Å². The number of hydrogen-bond donors (Lipinski definition) is 0. The van der Waals surface area contributed by atoms with Gasteiger partial charge < -0.3 is 0 Å². The minimum atomic E-state index is -0.957. The number of benzene rings is 3. The van der Waals surface area contributed by atoms with E-state index in [0.29, 0.717) is 11.3 Å². The Bertz CT molecular complexity index is 1420. The van der Waals surface area contributed by atoms with Crippen LogP contribution in [0.3, 0.4) is 0 Å². The van der Waals surface area contributed by atoms with Crippen molar-refractivity contribution in [2.45, 2.75) is 19.1 Å². The average Bonchev–Trinajstić information content (AvgIpc) is 3.36. The highest BCUT2D eigenvalue weighted by molar-refractivity contribution is 6.31. The summed E-state index contributed by atoms with van der Waals surface area (Å²) in [4.78, 5) is 39.2. The summed E-state index contributed by atoms with van der Waals surface area (Å²) in [5.74, 6) is -1.46. The quantitative estimate of drug-likeness (QED) is 0.303. The highest BCUT2D eigenvalue weighted by atomic mass is 35.5. The molecule has 1 aromatic heterocycles. The van der Waals surface area contributed by atoms with Gasteiger partial charge >= 0.3 is 0 Å². The van der Waals surface area contributed by atoms with Crippen LogP contribution >= 0.6 is 11.6 Å². The zero-order valence-electron chi connectivity index (χ0n) is 18.3. The van der Waals surface area contributed by atoms with Crippen molar-refractivity contribution < 1.29 is 14.4 Å². The fourth-order valence-electron chi connectivity index (χ4n) is 4.79. The van der Waals surface area contributed by atoms with E-state index >= 15 is 0 Å². The average molecular weight is 470 g/mol.